The van der Waals surface area contributed by atoms with E-state index >= 15 is 0 Å². The number of nitrogens with one attached hydrogen (secondary N) is 1. The molecule has 0 aliphatic heterocycles. The Morgan fingerprint density at radius 2 is 1.43 bits per heavy atom. The van der Waals surface area contributed by atoms with Crippen molar-refractivity contribution < 1.29 is 18.6 Å². The molecular formula is C29H23NO4S. The molecule has 6 heteroatoms. The lowest BCUT2D eigenvalue weighted by molar-refractivity contribution is 0.475. The van der Waals surface area contributed by atoms with Gasteiger partial charge in [-0.1, -0.05) is 54.6 Å². The summed E-state index contributed by atoms with van der Waals surface area (Å²) in [4.78, 5) is 0.190. The molecule has 5 aromatic carbocycles. The van der Waals surface area contributed by atoms with Crippen molar-refractivity contribution in [1.29, 1.82) is 0 Å². The predicted octanol–water partition coefficient (Wildman–Crippen LogP) is 6.69. The van der Waals surface area contributed by atoms with Crippen LogP contribution in [0.25, 0.3) is 33.0 Å². The second-order valence-corrected chi connectivity index (χ2v) is 10.1. The fourth-order valence-electron chi connectivity index (χ4n) is 4.22. The largest absolute Gasteiger partial charge is 0.508 e. The van der Waals surface area contributed by atoms with Gasteiger partial charge in [-0.05, 0) is 88.5 Å². The van der Waals surface area contributed by atoms with Gasteiger partial charge in [-0.15, -0.1) is 0 Å². The third-order valence-electron chi connectivity index (χ3n) is 5.88. The molecule has 0 saturated heterocycles. The van der Waals surface area contributed by atoms with E-state index < -0.39 is 10.0 Å². The number of hydrogen-bond donors (Lipinski definition) is 3. The third-order valence-corrected chi connectivity index (χ3v) is 7.26. The van der Waals surface area contributed by atoms with Crippen LogP contribution in [0.2, 0.25) is 0 Å². The lowest BCUT2D eigenvalue weighted by atomic mass is 9.94. The van der Waals surface area contributed by atoms with Crippen LogP contribution in [0.5, 0.6) is 11.5 Å². The Balaban J connectivity index is 1.55. The molecule has 0 aliphatic carbocycles. The van der Waals surface area contributed by atoms with Crippen molar-refractivity contribution in [2.75, 3.05) is 4.72 Å². The first-order valence-corrected chi connectivity index (χ1v) is 12.5. The number of phenolic OH excluding ortho intramolecular Hbond substituents is 2. The van der Waals surface area contributed by atoms with Crippen LogP contribution in [0, 0.1) is 6.92 Å². The Hall–Kier alpha value is -4.29. The molecule has 5 nitrogen and oxygen atoms in total. The minimum absolute atomic E-state index is 0.0984. The quantitative estimate of drug-likeness (QED) is 0.261. The molecule has 174 valence electrons. The standard InChI is InChI=1S/C29H23NO4S/c1-19-5-2-10-26(15-19)35(33,34)30-24-8-3-7-23(17-24)29-27-13-11-21(16-22(27)12-14-28(29)32)20-6-4-9-25(31)18-20/h2-18,30-32H,1H3. The van der Waals surface area contributed by atoms with Gasteiger partial charge >= 0.3 is 0 Å². The summed E-state index contributed by atoms with van der Waals surface area (Å²) in [6, 6.07) is 30.1. The molecule has 0 radical (unpaired) electrons. The van der Waals surface area contributed by atoms with Gasteiger partial charge in [0.05, 0.1) is 4.90 Å². The van der Waals surface area contributed by atoms with Crippen molar-refractivity contribution in [2.24, 2.45) is 0 Å². The number of aromatic hydroxyl groups is 2. The third kappa shape index (κ3) is 4.56. The van der Waals surface area contributed by atoms with Crippen LogP contribution in [0.3, 0.4) is 0 Å². The molecule has 0 bridgehead atoms. The van der Waals surface area contributed by atoms with Gasteiger partial charge in [-0.3, -0.25) is 4.72 Å². The van der Waals surface area contributed by atoms with Crippen LogP contribution in [0.1, 0.15) is 5.56 Å². The zero-order valence-electron chi connectivity index (χ0n) is 18.9. The number of sulfonamides is 1. The number of phenols is 2. The van der Waals surface area contributed by atoms with Crippen molar-refractivity contribution in [3.63, 3.8) is 0 Å². The number of aryl methyl sites for hydroxylation is 1. The summed E-state index contributed by atoms with van der Waals surface area (Å²) in [5.41, 5.74) is 4.37. The Morgan fingerprint density at radius 3 is 2.23 bits per heavy atom. The van der Waals surface area contributed by atoms with Crippen LogP contribution in [0.15, 0.2) is 108 Å². The zero-order valence-corrected chi connectivity index (χ0v) is 19.8. The maximum absolute atomic E-state index is 12.9. The normalized spacial score (nSPS) is 11.5. The Labute approximate surface area is 204 Å². The number of hydrogen-bond acceptors (Lipinski definition) is 4. The van der Waals surface area contributed by atoms with E-state index in [1.807, 2.05) is 49.4 Å². The molecule has 5 aromatic rings. The SMILES string of the molecule is Cc1cccc(S(=O)(=O)Nc2cccc(-c3c(O)ccc4cc(-c5cccc(O)c5)ccc34)c2)c1. The van der Waals surface area contributed by atoms with E-state index in [0.717, 1.165) is 27.5 Å². The van der Waals surface area contributed by atoms with E-state index in [4.69, 9.17) is 0 Å². The van der Waals surface area contributed by atoms with Crippen LogP contribution >= 0.6 is 0 Å². The van der Waals surface area contributed by atoms with Gasteiger partial charge in [0.25, 0.3) is 10.0 Å². The van der Waals surface area contributed by atoms with Crippen molar-refractivity contribution in [3.05, 3.63) is 109 Å². The number of rotatable bonds is 5. The van der Waals surface area contributed by atoms with Gasteiger partial charge in [0.2, 0.25) is 0 Å². The fraction of sp³-hybridized carbons (Fsp3) is 0.0345. The molecular weight excluding hydrogens is 458 g/mol. The Morgan fingerprint density at radius 1 is 0.686 bits per heavy atom. The second-order valence-electron chi connectivity index (χ2n) is 8.45. The highest BCUT2D eigenvalue weighted by molar-refractivity contribution is 7.92. The van der Waals surface area contributed by atoms with E-state index in [2.05, 4.69) is 4.72 Å². The summed E-state index contributed by atoms with van der Waals surface area (Å²) >= 11 is 0. The molecule has 0 spiro atoms. The minimum Gasteiger partial charge on any atom is -0.508 e. The van der Waals surface area contributed by atoms with Crippen molar-refractivity contribution >= 4 is 26.5 Å². The molecule has 0 aromatic heterocycles. The van der Waals surface area contributed by atoms with E-state index in [1.54, 1.807) is 60.7 Å². The van der Waals surface area contributed by atoms with Crippen molar-refractivity contribution in [3.8, 4) is 33.8 Å². The highest BCUT2D eigenvalue weighted by Crippen LogP contribution is 2.39. The van der Waals surface area contributed by atoms with E-state index in [9.17, 15) is 18.6 Å². The number of anilines is 1. The highest BCUT2D eigenvalue weighted by Gasteiger charge is 2.16. The lowest BCUT2D eigenvalue weighted by Crippen LogP contribution is -2.13. The van der Waals surface area contributed by atoms with Gasteiger partial charge in [0.1, 0.15) is 11.5 Å². The van der Waals surface area contributed by atoms with E-state index in [1.165, 1.54) is 0 Å². The minimum atomic E-state index is -3.76. The Kier molecular flexibility index (Phi) is 5.67. The van der Waals surface area contributed by atoms with Crippen LogP contribution in [-0.4, -0.2) is 18.6 Å². The first-order chi connectivity index (χ1) is 16.8. The van der Waals surface area contributed by atoms with Crippen molar-refractivity contribution in [2.45, 2.75) is 11.8 Å². The summed E-state index contributed by atoms with van der Waals surface area (Å²) in [7, 11) is -3.76. The first-order valence-electron chi connectivity index (χ1n) is 11.1. The van der Waals surface area contributed by atoms with E-state index in [0.29, 0.717) is 16.8 Å². The molecule has 0 saturated carbocycles. The number of benzene rings is 5. The molecule has 0 unspecified atom stereocenters. The summed E-state index contributed by atoms with van der Waals surface area (Å²) in [6.45, 7) is 1.84. The molecule has 0 aliphatic rings. The molecule has 0 heterocycles. The molecule has 0 amide bonds. The summed E-state index contributed by atoms with van der Waals surface area (Å²) in [5, 5.41) is 22.3. The smallest absolute Gasteiger partial charge is 0.261 e. The van der Waals surface area contributed by atoms with Gasteiger partial charge in [-0.2, -0.15) is 0 Å². The van der Waals surface area contributed by atoms with Crippen LogP contribution in [-0.2, 0) is 10.0 Å². The first kappa shape index (κ1) is 22.5. The van der Waals surface area contributed by atoms with Gasteiger partial charge in [0.15, 0.2) is 0 Å². The number of fused-ring (bicyclic) bond motifs is 1. The van der Waals surface area contributed by atoms with Crippen LogP contribution < -0.4 is 4.72 Å². The summed E-state index contributed by atoms with van der Waals surface area (Å²) in [5.74, 6) is 0.292. The van der Waals surface area contributed by atoms with Gasteiger partial charge in [0, 0.05) is 11.3 Å². The summed E-state index contributed by atoms with van der Waals surface area (Å²) < 4.78 is 28.4. The highest BCUT2D eigenvalue weighted by atomic mass is 32.2. The molecule has 3 N–H and O–H groups in total. The Bertz CT molecular complexity index is 1680. The maximum atomic E-state index is 12.9. The zero-order chi connectivity index (χ0) is 24.6. The molecule has 0 atom stereocenters. The average Bonchev–Trinajstić information content (AvgIpc) is 2.83. The molecule has 5 rings (SSSR count). The van der Waals surface area contributed by atoms with Crippen LogP contribution in [0.4, 0.5) is 5.69 Å². The summed E-state index contributed by atoms with van der Waals surface area (Å²) in [6.07, 6.45) is 0. The van der Waals surface area contributed by atoms with Gasteiger partial charge in [-0.25, -0.2) is 8.42 Å². The fourth-order valence-corrected chi connectivity index (χ4v) is 5.38. The average molecular weight is 482 g/mol. The molecule has 0 fully saturated rings. The predicted molar refractivity (Wildman–Crippen MR) is 140 cm³/mol. The topological polar surface area (TPSA) is 86.6 Å². The van der Waals surface area contributed by atoms with Gasteiger partial charge < -0.3 is 10.2 Å². The lowest BCUT2D eigenvalue weighted by Gasteiger charge is -2.14. The maximum Gasteiger partial charge on any atom is 0.261 e. The van der Waals surface area contributed by atoms with Crippen molar-refractivity contribution in [1.82, 2.24) is 0 Å². The van der Waals surface area contributed by atoms with E-state index in [-0.39, 0.29) is 16.4 Å². The monoisotopic (exact) mass is 481 g/mol. The molecule has 35 heavy (non-hydrogen) atoms. The second kappa shape index (κ2) is 8.81.